The molecule has 2 amide bonds. The van der Waals surface area contributed by atoms with Crippen molar-refractivity contribution in [2.45, 2.75) is 26.8 Å². The maximum Gasteiger partial charge on any atom is 0.270 e. The van der Waals surface area contributed by atoms with Crippen molar-refractivity contribution < 1.29 is 9.59 Å². The summed E-state index contributed by atoms with van der Waals surface area (Å²) in [7, 11) is 0. The third-order valence-electron chi connectivity index (χ3n) is 2.14. The number of hydrogen-bond acceptors (Lipinski definition) is 5. The molecule has 0 saturated carbocycles. The van der Waals surface area contributed by atoms with Gasteiger partial charge in [-0.15, -0.1) is 36.2 Å². The van der Waals surface area contributed by atoms with Crippen LogP contribution in [0.5, 0.6) is 0 Å². The van der Waals surface area contributed by atoms with E-state index >= 15 is 0 Å². The number of carbonyl (C=O) groups excluding carboxylic acids is 2. The van der Waals surface area contributed by atoms with Crippen molar-refractivity contribution in [2.75, 3.05) is 18.4 Å². The second-order valence-corrected chi connectivity index (χ2v) is 4.75. The SMILES string of the molecule is CCN[C@H](C)CNC(=O)c1csc(NC(C)=O)n1.Cl.Cl. The monoisotopic (exact) mass is 342 g/mol. The van der Waals surface area contributed by atoms with E-state index in [-0.39, 0.29) is 42.7 Å². The van der Waals surface area contributed by atoms with Gasteiger partial charge in [0.1, 0.15) is 5.69 Å². The van der Waals surface area contributed by atoms with Crippen LogP contribution in [-0.2, 0) is 4.79 Å². The lowest BCUT2D eigenvalue weighted by molar-refractivity contribution is -0.114. The molecule has 116 valence electrons. The van der Waals surface area contributed by atoms with E-state index in [1.54, 1.807) is 5.38 Å². The fraction of sp³-hybridized carbons (Fsp3) is 0.545. The van der Waals surface area contributed by atoms with Crippen molar-refractivity contribution >= 4 is 53.1 Å². The highest BCUT2D eigenvalue weighted by molar-refractivity contribution is 7.14. The molecule has 0 spiro atoms. The molecule has 0 radical (unpaired) electrons. The minimum absolute atomic E-state index is 0. The maximum atomic E-state index is 11.7. The highest BCUT2D eigenvalue weighted by Gasteiger charge is 2.11. The molecular formula is C11H20Cl2N4O2S. The van der Waals surface area contributed by atoms with Crippen molar-refractivity contribution in [3.05, 3.63) is 11.1 Å². The van der Waals surface area contributed by atoms with Gasteiger partial charge in [0.25, 0.3) is 5.91 Å². The number of aromatic nitrogens is 1. The van der Waals surface area contributed by atoms with Gasteiger partial charge in [0.05, 0.1) is 0 Å². The van der Waals surface area contributed by atoms with Crippen LogP contribution in [0.1, 0.15) is 31.3 Å². The number of halogens is 2. The smallest absolute Gasteiger partial charge is 0.270 e. The molecule has 0 saturated heterocycles. The molecule has 0 fully saturated rings. The zero-order valence-electron chi connectivity index (χ0n) is 11.6. The minimum Gasteiger partial charge on any atom is -0.349 e. The van der Waals surface area contributed by atoms with Gasteiger partial charge in [-0.1, -0.05) is 6.92 Å². The first kappa shape index (κ1) is 21.4. The van der Waals surface area contributed by atoms with Crippen LogP contribution in [0, 0.1) is 0 Å². The number of amides is 2. The van der Waals surface area contributed by atoms with Crippen molar-refractivity contribution in [1.82, 2.24) is 15.6 Å². The van der Waals surface area contributed by atoms with E-state index in [0.29, 0.717) is 17.4 Å². The molecule has 0 aromatic carbocycles. The Labute approximate surface area is 134 Å². The second kappa shape index (κ2) is 10.8. The topological polar surface area (TPSA) is 83.1 Å². The molecule has 1 rings (SSSR count). The molecule has 1 heterocycles. The molecule has 0 aliphatic heterocycles. The first-order chi connectivity index (χ1) is 8.52. The lowest BCUT2D eigenvalue weighted by Gasteiger charge is -2.12. The molecule has 3 N–H and O–H groups in total. The summed E-state index contributed by atoms with van der Waals surface area (Å²) in [5.74, 6) is -0.426. The Morgan fingerprint density at radius 1 is 1.40 bits per heavy atom. The van der Waals surface area contributed by atoms with Crippen LogP contribution >= 0.6 is 36.2 Å². The van der Waals surface area contributed by atoms with Crippen LogP contribution in [0.2, 0.25) is 0 Å². The van der Waals surface area contributed by atoms with E-state index < -0.39 is 0 Å². The fourth-order valence-electron chi connectivity index (χ4n) is 1.34. The maximum absolute atomic E-state index is 11.7. The minimum atomic E-state index is -0.229. The fourth-order valence-corrected chi connectivity index (χ4v) is 2.08. The number of rotatable bonds is 6. The van der Waals surface area contributed by atoms with Crippen molar-refractivity contribution in [1.29, 1.82) is 0 Å². The lowest BCUT2D eigenvalue weighted by atomic mass is 10.3. The van der Waals surface area contributed by atoms with Crippen LogP contribution in [0.4, 0.5) is 5.13 Å². The third-order valence-corrected chi connectivity index (χ3v) is 2.90. The number of carbonyl (C=O) groups is 2. The summed E-state index contributed by atoms with van der Waals surface area (Å²) in [6.45, 7) is 6.81. The van der Waals surface area contributed by atoms with E-state index in [2.05, 4.69) is 20.9 Å². The van der Waals surface area contributed by atoms with Gasteiger partial charge in [0, 0.05) is 24.9 Å². The zero-order chi connectivity index (χ0) is 13.5. The number of likely N-dealkylation sites (N-methyl/N-ethyl adjacent to an activating group) is 1. The summed E-state index contributed by atoms with van der Waals surface area (Å²) in [6, 6.07) is 0.215. The van der Waals surface area contributed by atoms with Gasteiger partial charge in [-0.25, -0.2) is 4.98 Å². The van der Waals surface area contributed by atoms with Crippen LogP contribution in [-0.4, -0.2) is 35.9 Å². The van der Waals surface area contributed by atoms with Gasteiger partial charge >= 0.3 is 0 Å². The molecule has 0 aliphatic carbocycles. The first-order valence-electron chi connectivity index (χ1n) is 5.77. The average Bonchev–Trinajstić information content (AvgIpc) is 2.74. The Bertz CT molecular complexity index is 428. The molecule has 1 aromatic rings. The quantitative estimate of drug-likeness (QED) is 0.734. The summed E-state index contributed by atoms with van der Waals surface area (Å²) in [4.78, 5) is 26.6. The van der Waals surface area contributed by atoms with Crippen LogP contribution < -0.4 is 16.0 Å². The van der Waals surface area contributed by atoms with Crippen LogP contribution in [0.15, 0.2) is 5.38 Å². The molecule has 0 unspecified atom stereocenters. The second-order valence-electron chi connectivity index (χ2n) is 3.89. The molecule has 0 bridgehead atoms. The lowest BCUT2D eigenvalue weighted by Crippen LogP contribution is -2.38. The van der Waals surface area contributed by atoms with Crippen molar-refractivity contribution in [3.63, 3.8) is 0 Å². The van der Waals surface area contributed by atoms with Gasteiger partial charge in [0.15, 0.2) is 5.13 Å². The number of nitrogens with zero attached hydrogens (tertiary/aromatic N) is 1. The molecule has 0 aliphatic rings. The van der Waals surface area contributed by atoms with E-state index in [1.807, 2.05) is 13.8 Å². The number of thiazole rings is 1. The van der Waals surface area contributed by atoms with Crippen molar-refractivity contribution in [3.8, 4) is 0 Å². The van der Waals surface area contributed by atoms with E-state index in [9.17, 15) is 9.59 Å². The molecule has 9 heteroatoms. The van der Waals surface area contributed by atoms with E-state index in [4.69, 9.17) is 0 Å². The van der Waals surface area contributed by atoms with Gasteiger partial charge in [-0.2, -0.15) is 0 Å². The normalized spacial score (nSPS) is 10.8. The van der Waals surface area contributed by atoms with E-state index in [0.717, 1.165) is 6.54 Å². The Morgan fingerprint density at radius 3 is 2.60 bits per heavy atom. The predicted molar refractivity (Wildman–Crippen MR) is 86.4 cm³/mol. The van der Waals surface area contributed by atoms with Crippen LogP contribution in [0.3, 0.4) is 0 Å². The van der Waals surface area contributed by atoms with Gasteiger partial charge in [-0.05, 0) is 13.5 Å². The molecule has 20 heavy (non-hydrogen) atoms. The molecule has 6 nitrogen and oxygen atoms in total. The number of anilines is 1. The van der Waals surface area contributed by atoms with Crippen LogP contribution in [0.25, 0.3) is 0 Å². The van der Waals surface area contributed by atoms with Gasteiger partial charge in [-0.3, -0.25) is 9.59 Å². The number of nitrogens with one attached hydrogen (secondary N) is 3. The van der Waals surface area contributed by atoms with Gasteiger partial charge < -0.3 is 16.0 Å². The predicted octanol–water partition coefficient (Wildman–Crippen LogP) is 1.67. The summed E-state index contributed by atoms with van der Waals surface area (Å²) in [5, 5.41) is 10.6. The molecule has 1 atom stereocenters. The summed E-state index contributed by atoms with van der Waals surface area (Å²) < 4.78 is 0. The summed E-state index contributed by atoms with van der Waals surface area (Å²) in [6.07, 6.45) is 0. The summed E-state index contributed by atoms with van der Waals surface area (Å²) in [5.41, 5.74) is 0.326. The van der Waals surface area contributed by atoms with E-state index in [1.165, 1.54) is 18.3 Å². The largest absolute Gasteiger partial charge is 0.349 e. The number of hydrogen-bond donors (Lipinski definition) is 3. The standard InChI is InChI=1S/C11H18N4O2S.2ClH/c1-4-12-7(2)5-13-10(17)9-6-18-11(15-9)14-8(3)16;;/h6-7,12H,4-5H2,1-3H3,(H,13,17)(H,14,15,16);2*1H/t7-;;/m1../s1. The third kappa shape index (κ3) is 7.64. The Balaban J connectivity index is 0. The highest BCUT2D eigenvalue weighted by atomic mass is 35.5. The Kier molecular flexibility index (Phi) is 11.6. The molecule has 1 aromatic heterocycles. The average molecular weight is 343 g/mol. The van der Waals surface area contributed by atoms with Gasteiger partial charge in [0.2, 0.25) is 5.91 Å². The first-order valence-corrected chi connectivity index (χ1v) is 6.65. The summed E-state index contributed by atoms with van der Waals surface area (Å²) >= 11 is 1.23. The zero-order valence-corrected chi connectivity index (χ0v) is 14.0. The molecular weight excluding hydrogens is 323 g/mol. The highest BCUT2D eigenvalue weighted by Crippen LogP contribution is 2.14. The Morgan fingerprint density at radius 2 is 2.05 bits per heavy atom. The van der Waals surface area contributed by atoms with Crippen molar-refractivity contribution in [2.24, 2.45) is 0 Å². The Hall–Kier alpha value is -0.890.